The molecule has 1 aliphatic rings. The van der Waals surface area contributed by atoms with E-state index in [-0.39, 0.29) is 24.0 Å². The van der Waals surface area contributed by atoms with Gasteiger partial charge in [0.2, 0.25) is 0 Å². The summed E-state index contributed by atoms with van der Waals surface area (Å²) < 4.78 is 5.38. The van der Waals surface area contributed by atoms with Crippen LogP contribution in [0.1, 0.15) is 45.1 Å². The third-order valence-electron chi connectivity index (χ3n) is 5.45. The molecule has 0 bridgehead atoms. The standard InChI is InChI=1S/C24H43N5O.HI/c1-4-25-24(27-14-7-9-20-30-5-2)26-13-6-8-15-28-16-18-29(19-17-28)23-12-10-11-22(3)21-23;/h10-12,21H,4-9,13-20H2,1-3H3,(H2,25,26,27);1H. The lowest BCUT2D eigenvalue weighted by Crippen LogP contribution is -2.46. The molecule has 2 N–H and O–H groups in total. The van der Waals surface area contributed by atoms with Crippen molar-refractivity contribution < 1.29 is 4.74 Å². The zero-order chi connectivity index (χ0) is 21.4. The highest BCUT2D eigenvalue weighted by molar-refractivity contribution is 14.0. The molecule has 0 atom stereocenters. The van der Waals surface area contributed by atoms with Crippen molar-refractivity contribution in [2.45, 2.75) is 46.5 Å². The number of aryl methyl sites for hydroxylation is 1. The van der Waals surface area contributed by atoms with Gasteiger partial charge in [-0.15, -0.1) is 24.0 Å². The Labute approximate surface area is 207 Å². The van der Waals surface area contributed by atoms with E-state index in [2.05, 4.69) is 58.5 Å². The van der Waals surface area contributed by atoms with Gasteiger partial charge in [-0.2, -0.15) is 0 Å². The van der Waals surface area contributed by atoms with E-state index in [4.69, 9.17) is 9.73 Å². The molecule has 0 saturated carbocycles. The lowest BCUT2D eigenvalue weighted by molar-refractivity contribution is 0.143. The molecule has 0 unspecified atom stereocenters. The van der Waals surface area contributed by atoms with Crippen molar-refractivity contribution in [3.63, 3.8) is 0 Å². The average Bonchev–Trinajstić information content (AvgIpc) is 2.76. The van der Waals surface area contributed by atoms with Crippen LogP contribution in [0.3, 0.4) is 0 Å². The van der Waals surface area contributed by atoms with E-state index in [1.165, 1.54) is 24.2 Å². The van der Waals surface area contributed by atoms with Crippen molar-refractivity contribution in [1.29, 1.82) is 0 Å². The molecule has 2 rings (SSSR count). The van der Waals surface area contributed by atoms with E-state index < -0.39 is 0 Å². The summed E-state index contributed by atoms with van der Waals surface area (Å²) in [5.41, 5.74) is 2.71. The minimum Gasteiger partial charge on any atom is -0.382 e. The van der Waals surface area contributed by atoms with E-state index >= 15 is 0 Å². The summed E-state index contributed by atoms with van der Waals surface area (Å²) in [6, 6.07) is 8.86. The van der Waals surface area contributed by atoms with Crippen LogP contribution in [0.5, 0.6) is 0 Å². The monoisotopic (exact) mass is 545 g/mol. The molecule has 1 aromatic rings. The first-order chi connectivity index (χ1) is 14.7. The normalized spacial score (nSPS) is 14.9. The van der Waals surface area contributed by atoms with E-state index in [1.54, 1.807) is 0 Å². The van der Waals surface area contributed by atoms with Gasteiger partial charge in [0.1, 0.15) is 0 Å². The molecule has 6 nitrogen and oxygen atoms in total. The van der Waals surface area contributed by atoms with Crippen LogP contribution in [-0.4, -0.2) is 76.4 Å². The van der Waals surface area contributed by atoms with Gasteiger partial charge in [-0.1, -0.05) is 12.1 Å². The summed E-state index contributed by atoms with van der Waals surface area (Å²) in [5, 5.41) is 6.77. The first-order valence-corrected chi connectivity index (χ1v) is 11.9. The molecule has 0 aliphatic carbocycles. The molecular weight excluding hydrogens is 501 g/mol. The molecule has 0 radical (unpaired) electrons. The van der Waals surface area contributed by atoms with Gasteiger partial charge in [0.15, 0.2) is 5.96 Å². The van der Waals surface area contributed by atoms with E-state index in [0.29, 0.717) is 0 Å². The number of rotatable bonds is 13. The Morgan fingerprint density at radius 2 is 1.84 bits per heavy atom. The summed E-state index contributed by atoms with van der Waals surface area (Å²) in [7, 11) is 0. The molecule has 0 aromatic heterocycles. The number of anilines is 1. The molecule has 0 amide bonds. The first kappa shape index (κ1) is 28.0. The predicted molar refractivity (Wildman–Crippen MR) is 144 cm³/mol. The molecule has 178 valence electrons. The summed E-state index contributed by atoms with van der Waals surface area (Å²) in [5.74, 6) is 0.945. The van der Waals surface area contributed by atoms with Crippen molar-refractivity contribution in [2.24, 2.45) is 4.99 Å². The van der Waals surface area contributed by atoms with Crippen molar-refractivity contribution in [3.8, 4) is 0 Å². The van der Waals surface area contributed by atoms with Crippen LogP contribution < -0.4 is 15.5 Å². The zero-order valence-corrected chi connectivity index (χ0v) is 22.2. The highest BCUT2D eigenvalue weighted by atomic mass is 127. The number of piperazine rings is 1. The summed E-state index contributed by atoms with van der Waals surface area (Å²) in [6.45, 7) is 16.5. The molecular formula is C24H44IN5O. The first-order valence-electron chi connectivity index (χ1n) is 11.9. The largest absolute Gasteiger partial charge is 0.382 e. The number of nitrogens with one attached hydrogen (secondary N) is 2. The number of nitrogens with zero attached hydrogens (tertiary/aromatic N) is 3. The van der Waals surface area contributed by atoms with Gasteiger partial charge in [0.05, 0.1) is 0 Å². The number of benzene rings is 1. The van der Waals surface area contributed by atoms with Gasteiger partial charge < -0.3 is 20.3 Å². The number of guanidine groups is 1. The SMILES string of the molecule is CCNC(=NCCCCN1CCN(c2cccc(C)c2)CC1)NCCCCOCC.I. The number of hydrogen-bond acceptors (Lipinski definition) is 4. The predicted octanol–water partition coefficient (Wildman–Crippen LogP) is 3.89. The van der Waals surface area contributed by atoms with Gasteiger partial charge >= 0.3 is 0 Å². The lowest BCUT2D eigenvalue weighted by Gasteiger charge is -2.36. The Bertz CT molecular complexity index is 605. The third kappa shape index (κ3) is 11.9. The third-order valence-corrected chi connectivity index (χ3v) is 5.45. The van der Waals surface area contributed by atoms with Gasteiger partial charge in [0.25, 0.3) is 0 Å². The zero-order valence-electron chi connectivity index (χ0n) is 19.9. The maximum atomic E-state index is 5.38. The van der Waals surface area contributed by atoms with Crippen molar-refractivity contribution in [2.75, 3.05) is 70.5 Å². The minimum atomic E-state index is 0. The van der Waals surface area contributed by atoms with Crippen molar-refractivity contribution in [1.82, 2.24) is 15.5 Å². The number of hydrogen-bond donors (Lipinski definition) is 2. The summed E-state index contributed by atoms with van der Waals surface area (Å²) in [6.07, 6.45) is 4.55. The Hall–Kier alpha value is -1.06. The lowest BCUT2D eigenvalue weighted by atomic mass is 10.2. The molecule has 1 saturated heterocycles. The van der Waals surface area contributed by atoms with Crippen molar-refractivity contribution >= 4 is 35.6 Å². The molecule has 1 aliphatic heterocycles. The van der Waals surface area contributed by atoms with Crippen molar-refractivity contribution in [3.05, 3.63) is 29.8 Å². The number of halogens is 1. The topological polar surface area (TPSA) is 52.1 Å². The quantitative estimate of drug-likeness (QED) is 0.171. The average molecular weight is 546 g/mol. The van der Waals surface area contributed by atoms with Crippen LogP contribution in [0, 0.1) is 6.92 Å². The Morgan fingerprint density at radius 3 is 2.55 bits per heavy atom. The molecule has 1 aromatic carbocycles. The molecule has 7 heteroatoms. The second kappa shape index (κ2) is 17.5. The van der Waals surface area contributed by atoms with E-state index in [0.717, 1.165) is 84.2 Å². The highest BCUT2D eigenvalue weighted by Crippen LogP contribution is 2.17. The van der Waals surface area contributed by atoms with Gasteiger partial charge in [-0.25, -0.2) is 0 Å². The fraction of sp³-hybridized carbons (Fsp3) is 0.708. The number of ether oxygens (including phenoxy) is 1. The van der Waals surface area contributed by atoms with Crippen LogP contribution in [0.25, 0.3) is 0 Å². The Balaban J connectivity index is 0.00000480. The molecule has 1 fully saturated rings. The van der Waals surface area contributed by atoms with Crippen LogP contribution >= 0.6 is 24.0 Å². The molecule has 1 heterocycles. The number of unbranched alkanes of at least 4 members (excludes halogenated alkanes) is 2. The smallest absolute Gasteiger partial charge is 0.191 e. The van der Waals surface area contributed by atoms with Crippen LogP contribution in [-0.2, 0) is 4.74 Å². The Kier molecular flexibility index (Phi) is 15.8. The van der Waals surface area contributed by atoms with Gasteiger partial charge in [0, 0.05) is 64.7 Å². The summed E-state index contributed by atoms with van der Waals surface area (Å²) >= 11 is 0. The van der Waals surface area contributed by atoms with Crippen LogP contribution in [0.4, 0.5) is 5.69 Å². The fourth-order valence-corrected chi connectivity index (χ4v) is 3.71. The Morgan fingerprint density at radius 1 is 1.03 bits per heavy atom. The second-order valence-electron chi connectivity index (χ2n) is 7.97. The van der Waals surface area contributed by atoms with Gasteiger partial charge in [-0.05, 0) is 70.7 Å². The van der Waals surface area contributed by atoms with Gasteiger partial charge in [-0.3, -0.25) is 9.89 Å². The second-order valence-corrected chi connectivity index (χ2v) is 7.97. The maximum absolute atomic E-state index is 5.38. The minimum absolute atomic E-state index is 0. The fourth-order valence-electron chi connectivity index (χ4n) is 3.71. The van der Waals surface area contributed by atoms with E-state index in [1.807, 2.05) is 6.92 Å². The molecule has 0 spiro atoms. The van der Waals surface area contributed by atoms with Crippen LogP contribution in [0.2, 0.25) is 0 Å². The number of aliphatic imine (C=N–C) groups is 1. The highest BCUT2D eigenvalue weighted by Gasteiger charge is 2.16. The molecule has 31 heavy (non-hydrogen) atoms. The maximum Gasteiger partial charge on any atom is 0.191 e. The van der Waals surface area contributed by atoms with Crippen LogP contribution in [0.15, 0.2) is 29.3 Å². The van der Waals surface area contributed by atoms with E-state index in [9.17, 15) is 0 Å². The summed E-state index contributed by atoms with van der Waals surface area (Å²) in [4.78, 5) is 9.83.